The fourth-order valence-corrected chi connectivity index (χ4v) is 3.96. The number of carbonyl (C=O) groups is 2. The first-order chi connectivity index (χ1) is 13.5. The topological polar surface area (TPSA) is 69.6 Å². The zero-order valence-corrected chi connectivity index (χ0v) is 16.4. The molecule has 2 aliphatic rings. The number of aryl methyl sites for hydroxylation is 2. The Balaban J connectivity index is 1.58. The van der Waals surface area contributed by atoms with E-state index in [9.17, 15) is 9.59 Å². The number of nitrogens with zero attached hydrogens (tertiary/aromatic N) is 5. The number of rotatable bonds is 2. The molecule has 2 aliphatic heterocycles. The summed E-state index contributed by atoms with van der Waals surface area (Å²) in [5.74, 6) is 1.35. The molecule has 0 N–H and O–H groups in total. The molecule has 0 spiro atoms. The van der Waals surface area contributed by atoms with Crippen LogP contribution >= 0.6 is 0 Å². The number of anilines is 2. The van der Waals surface area contributed by atoms with Crippen molar-refractivity contribution in [2.45, 2.75) is 26.7 Å². The Morgan fingerprint density at radius 2 is 1.75 bits per heavy atom. The maximum Gasteiger partial charge on any atom is 0.277 e. The molecule has 1 aromatic heterocycles. The van der Waals surface area contributed by atoms with Crippen molar-refractivity contribution in [1.82, 2.24) is 14.9 Å². The average Bonchev–Trinajstić information content (AvgIpc) is 2.72. The van der Waals surface area contributed by atoms with E-state index < -0.39 is 0 Å². The molecule has 0 bridgehead atoms. The van der Waals surface area contributed by atoms with Crippen LogP contribution in [0.2, 0.25) is 0 Å². The highest BCUT2D eigenvalue weighted by Gasteiger charge is 2.26. The van der Waals surface area contributed by atoms with Crippen LogP contribution in [0.25, 0.3) is 0 Å². The van der Waals surface area contributed by atoms with Gasteiger partial charge in [0.1, 0.15) is 17.3 Å². The van der Waals surface area contributed by atoms with Crippen LogP contribution in [0.15, 0.2) is 30.3 Å². The van der Waals surface area contributed by atoms with E-state index in [-0.39, 0.29) is 11.8 Å². The smallest absolute Gasteiger partial charge is 0.277 e. The number of hydrogen-bond acceptors (Lipinski definition) is 5. The van der Waals surface area contributed by atoms with Gasteiger partial charge in [0.15, 0.2) is 0 Å². The van der Waals surface area contributed by atoms with Gasteiger partial charge in [0.25, 0.3) is 5.91 Å². The molecule has 28 heavy (non-hydrogen) atoms. The van der Waals surface area contributed by atoms with Crippen LogP contribution in [0.1, 0.15) is 35.2 Å². The molecule has 3 heterocycles. The highest BCUT2D eigenvalue weighted by atomic mass is 16.2. The third kappa shape index (κ3) is 3.56. The Bertz CT molecular complexity index is 905. The van der Waals surface area contributed by atoms with Crippen LogP contribution in [0, 0.1) is 6.92 Å². The predicted octanol–water partition coefficient (Wildman–Crippen LogP) is 2.05. The maximum atomic E-state index is 13.3. The number of amides is 2. The zero-order valence-electron chi connectivity index (χ0n) is 16.4. The summed E-state index contributed by atoms with van der Waals surface area (Å²) >= 11 is 0. The number of fused-ring (bicyclic) bond motifs is 1. The van der Waals surface area contributed by atoms with Crippen molar-refractivity contribution in [1.29, 1.82) is 0 Å². The van der Waals surface area contributed by atoms with Gasteiger partial charge in [-0.2, -0.15) is 0 Å². The fourth-order valence-electron chi connectivity index (χ4n) is 3.96. The van der Waals surface area contributed by atoms with Gasteiger partial charge in [0.2, 0.25) is 5.91 Å². The molecule has 0 atom stereocenters. The molecule has 1 aromatic carbocycles. The van der Waals surface area contributed by atoms with Crippen LogP contribution in [0.4, 0.5) is 11.5 Å². The van der Waals surface area contributed by atoms with Gasteiger partial charge < -0.3 is 14.7 Å². The molecular weight excluding hydrogens is 354 g/mol. The summed E-state index contributed by atoms with van der Waals surface area (Å²) < 4.78 is 0. The minimum absolute atomic E-state index is 0.0822. The molecule has 1 fully saturated rings. The average molecular weight is 379 g/mol. The molecule has 0 saturated carbocycles. The molecule has 2 aromatic rings. The zero-order chi connectivity index (χ0) is 19.7. The minimum Gasteiger partial charge on any atom is -0.353 e. The Kier molecular flexibility index (Phi) is 4.98. The van der Waals surface area contributed by atoms with Crippen LogP contribution in [0.5, 0.6) is 0 Å². The van der Waals surface area contributed by atoms with E-state index in [0.29, 0.717) is 44.2 Å². The van der Waals surface area contributed by atoms with Gasteiger partial charge in [-0.15, -0.1) is 0 Å². The standard InChI is InChI=1S/C21H25N5O2/c1-15-22-18(14-20(23-15)25-12-10-24(11-13-25)16(2)27)21(28)26-9-5-7-17-6-3-4-8-19(17)26/h3-4,6,8,14H,5,7,9-13H2,1-2H3. The molecule has 7 nitrogen and oxygen atoms in total. The lowest BCUT2D eigenvalue weighted by Crippen LogP contribution is -2.48. The monoisotopic (exact) mass is 379 g/mol. The van der Waals surface area contributed by atoms with Crippen LogP contribution in [-0.4, -0.2) is 59.4 Å². The van der Waals surface area contributed by atoms with E-state index in [2.05, 4.69) is 20.9 Å². The van der Waals surface area contributed by atoms with Crippen molar-refractivity contribution in [3.8, 4) is 0 Å². The highest BCUT2D eigenvalue weighted by molar-refractivity contribution is 6.05. The Morgan fingerprint density at radius 1 is 1.00 bits per heavy atom. The normalized spacial score (nSPS) is 16.7. The number of para-hydroxylation sites is 1. The van der Waals surface area contributed by atoms with E-state index in [1.54, 1.807) is 13.0 Å². The van der Waals surface area contributed by atoms with Crippen molar-refractivity contribution in [2.24, 2.45) is 0 Å². The molecule has 146 valence electrons. The van der Waals surface area contributed by atoms with Gasteiger partial charge in [-0.3, -0.25) is 9.59 Å². The van der Waals surface area contributed by atoms with E-state index in [0.717, 1.165) is 24.3 Å². The van der Waals surface area contributed by atoms with Gasteiger partial charge >= 0.3 is 0 Å². The molecule has 1 saturated heterocycles. The third-order valence-electron chi connectivity index (χ3n) is 5.45. The second-order valence-electron chi connectivity index (χ2n) is 7.34. The third-order valence-corrected chi connectivity index (χ3v) is 5.45. The summed E-state index contributed by atoms with van der Waals surface area (Å²) in [7, 11) is 0. The summed E-state index contributed by atoms with van der Waals surface area (Å²) in [6.45, 7) is 6.86. The lowest BCUT2D eigenvalue weighted by Gasteiger charge is -2.35. The summed E-state index contributed by atoms with van der Waals surface area (Å²) in [6.07, 6.45) is 1.95. The minimum atomic E-state index is -0.0822. The lowest BCUT2D eigenvalue weighted by atomic mass is 10.0. The second-order valence-corrected chi connectivity index (χ2v) is 7.34. The molecule has 2 amide bonds. The van der Waals surface area contributed by atoms with Crippen LogP contribution < -0.4 is 9.80 Å². The highest BCUT2D eigenvalue weighted by Crippen LogP contribution is 2.28. The first kappa shape index (κ1) is 18.4. The molecule has 7 heteroatoms. The second kappa shape index (κ2) is 7.58. The van der Waals surface area contributed by atoms with Crippen molar-refractivity contribution >= 4 is 23.3 Å². The van der Waals surface area contributed by atoms with Crippen LogP contribution in [-0.2, 0) is 11.2 Å². The Labute approximate surface area is 165 Å². The summed E-state index contributed by atoms with van der Waals surface area (Å²) in [5, 5.41) is 0. The van der Waals surface area contributed by atoms with E-state index >= 15 is 0 Å². The van der Waals surface area contributed by atoms with Crippen LogP contribution in [0.3, 0.4) is 0 Å². The lowest BCUT2D eigenvalue weighted by molar-refractivity contribution is -0.129. The van der Waals surface area contributed by atoms with Crippen molar-refractivity contribution in [3.63, 3.8) is 0 Å². The number of benzene rings is 1. The van der Waals surface area contributed by atoms with E-state index in [1.165, 1.54) is 5.56 Å². The summed E-state index contributed by atoms with van der Waals surface area (Å²) in [5.41, 5.74) is 2.60. The molecule has 0 unspecified atom stereocenters. The van der Waals surface area contributed by atoms with E-state index in [1.807, 2.05) is 34.9 Å². The summed E-state index contributed by atoms with van der Waals surface area (Å²) in [4.78, 5) is 39.6. The maximum absolute atomic E-state index is 13.3. The first-order valence-electron chi connectivity index (χ1n) is 9.79. The van der Waals surface area contributed by atoms with Gasteiger partial charge in [-0.25, -0.2) is 9.97 Å². The quantitative estimate of drug-likeness (QED) is 0.799. The molecule has 4 rings (SSSR count). The molecule has 0 radical (unpaired) electrons. The van der Waals surface area contributed by atoms with E-state index in [4.69, 9.17) is 0 Å². The van der Waals surface area contributed by atoms with Crippen molar-refractivity contribution in [3.05, 3.63) is 47.4 Å². The number of carbonyl (C=O) groups excluding carboxylic acids is 2. The first-order valence-corrected chi connectivity index (χ1v) is 9.79. The number of piperazine rings is 1. The molecular formula is C21H25N5O2. The van der Waals surface area contributed by atoms with Crippen molar-refractivity contribution < 1.29 is 9.59 Å². The predicted molar refractivity (Wildman–Crippen MR) is 108 cm³/mol. The summed E-state index contributed by atoms with van der Waals surface area (Å²) in [6, 6.07) is 9.86. The Morgan fingerprint density at radius 3 is 2.50 bits per heavy atom. The van der Waals surface area contributed by atoms with Gasteiger partial charge in [0, 0.05) is 51.4 Å². The number of aromatic nitrogens is 2. The SMILES string of the molecule is CC(=O)N1CCN(c2cc(C(=O)N3CCCc4ccccc43)nc(C)n2)CC1. The van der Waals surface area contributed by atoms with Gasteiger partial charge in [-0.1, -0.05) is 18.2 Å². The number of hydrogen-bond donors (Lipinski definition) is 0. The fraction of sp³-hybridized carbons (Fsp3) is 0.429. The van der Waals surface area contributed by atoms with Crippen molar-refractivity contribution in [2.75, 3.05) is 42.5 Å². The van der Waals surface area contributed by atoms with Gasteiger partial charge in [-0.05, 0) is 31.4 Å². The largest absolute Gasteiger partial charge is 0.353 e. The van der Waals surface area contributed by atoms with Gasteiger partial charge in [0.05, 0.1) is 0 Å². The Hall–Kier alpha value is -2.96. The molecule has 0 aliphatic carbocycles.